The first-order valence-corrected chi connectivity index (χ1v) is 12.6. The third-order valence-electron chi connectivity index (χ3n) is 5.62. The minimum atomic E-state index is -1.54. The molecule has 14 nitrogen and oxygen atoms in total. The van der Waals surface area contributed by atoms with Crippen LogP contribution in [0.25, 0.3) is 0 Å². The summed E-state index contributed by atoms with van der Waals surface area (Å²) in [7, 11) is 0. The minimum absolute atomic E-state index is 0.221. The van der Waals surface area contributed by atoms with Gasteiger partial charge in [0.05, 0.1) is 18.7 Å². The molecule has 0 saturated heterocycles. The molecule has 37 heavy (non-hydrogen) atoms. The number of amides is 4. The molecule has 4 amide bonds. The Labute approximate surface area is 217 Å². The Kier molecular flexibility index (Phi) is 17.0. The number of aliphatic carboxylic acids is 1. The molecule has 0 aromatic carbocycles. The first-order chi connectivity index (χ1) is 17.3. The van der Waals surface area contributed by atoms with Crippen LogP contribution in [0.2, 0.25) is 0 Å². The molecule has 14 heteroatoms. The van der Waals surface area contributed by atoms with Crippen LogP contribution in [0.4, 0.5) is 0 Å². The summed E-state index contributed by atoms with van der Waals surface area (Å²) in [5.74, 6) is -4.32. The van der Waals surface area contributed by atoms with E-state index in [9.17, 15) is 29.1 Å². The van der Waals surface area contributed by atoms with Gasteiger partial charge in [-0.2, -0.15) is 0 Å². The number of aliphatic hydroxyl groups excluding tert-OH is 1. The molecule has 0 aromatic heterocycles. The van der Waals surface area contributed by atoms with E-state index in [0.717, 1.165) is 6.42 Å². The molecule has 0 unspecified atom stereocenters. The van der Waals surface area contributed by atoms with Gasteiger partial charge < -0.3 is 48.7 Å². The van der Waals surface area contributed by atoms with Crippen LogP contribution in [0.15, 0.2) is 0 Å². The number of rotatable bonds is 19. The highest BCUT2D eigenvalue weighted by atomic mass is 16.4. The number of hydrogen-bond acceptors (Lipinski definition) is 9. The number of unbranched alkanes of at least 4 members (excludes halogenated alkanes) is 2. The van der Waals surface area contributed by atoms with Crippen LogP contribution >= 0.6 is 0 Å². The largest absolute Gasteiger partial charge is 0.480 e. The number of hydrogen-bond donors (Lipinski definition) is 9. The van der Waals surface area contributed by atoms with Gasteiger partial charge in [0, 0.05) is 0 Å². The minimum Gasteiger partial charge on any atom is -0.480 e. The smallest absolute Gasteiger partial charge is 0.328 e. The van der Waals surface area contributed by atoms with E-state index in [1.165, 1.54) is 6.92 Å². The zero-order valence-corrected chi connectivity index (χ0v) is 22.0. The van der Waals surface area contributed by atoms with E-state index in [4.69, 9.17) is 22.3 Å². The van der Waals surface area contributed by atoms with Crippen LogP contribution in [0.3, 0.4) is 0 Å². The van der Waals surface area contributed by atoms with Crippen LogP contribution in [0.5, 0.6) is 0 Å². The normalized spacial score (nSPS) is 15.1. The van der Waals surface area contributed by atoms with Crippen molar-refractivity contribution in [3.8, 4) is 0 Å². The van der Waals surface area contributed by atoms with Gasteiger partial charge in [0.2, 0.25) is 23.6 Å². The Morgan fingerprint density at radius 3 is 1.81 bits per heavy atom. The summed E-state index contributed by atoms with van der Waals surface area (Å²) in [5.41, 5.74) is 16.9. The summed E-state index contributed by atoms with van der Waals surface area (Å²) in [4.78, 5) is 61.5. The molecule has 0 radical (unpaired) electrons. The Morgan fingerprint density at radius 2 is 1.32 bits per heavy atom. The molecule has 0 aromatic rings. The molecule has 0 rings (SSSR count). The van der Waals surface area contributed by atoms with Crippen molar-refractivity contribution >= 4 is 29.6 Å². The summed E-state index contributed by atoms with van der Waals surface area (Å²) < 4.78 is 0. The van der Waals surface area contributed by atoms with Crippen molar-refractivity contribution in [1.29, 1.82) is 0 Å². The molecule has 0 aliphatic rings. The van der Waals surface area contributed by atoms with Crippen molar-refractivity contribution in [3.63, 3.8) is 0 Å². The Balaban J connectivity index is 5.24. The summed E-state index contributed by atoms with van der Waals surface area (Å²) in [6, 6.07) is -4.33. The molecule has 214 valence electrons. The number of carboxylic acid groups (broad SMARTS) is 1. The number of carboxylic acids is 1. The number of carbonyl (C=O) groups excluding carboxylic acids is 4. The van der Waals surface area contributed by atoms with Gasteiger partial charge in [0.25, 0.3) is 0 Å². The Morgan fingerprint density at radius 1 is 0.757 bits per heavy atom. The summed E-state index contributed by atoms with van der Waals surface area (Å²) in [5, 5.41) is 28.3. The maximum Gasteiger partial charge on any atom is 0.328 e. The van der Waals surface area contributed by atoms with Crippen LogP contribution in [0, 0.1) is 5.92 Å². The van der Waals surface area contributed by atoms with Gasteiger partial charge in [-0.15, -0.1) is 0 Å². The first-order valence-electron chi connectivity index (χ1n) is 12.6. The second kappa shape index (κ2) is 18.4. The number of aliphatic hydroxyl groups is 1. The third-order valence-corrected chi connectivity index (χ3v) is 5.62. The van der Waals surface area contributed by atoms with E-state index in [1.54, 1.807) is 13.8 Å². The quantitative estimate of drug-likeness (QED) is 0.0777. The second-order valence-corrected chi connectivity index (χ2v) is 9.31. The zero-order valence-electron chi connectivity index (χ0n) is 22.0. The molecule has 0 saturated carbocycles. The van der Waals surface area contributed by atoms with Gasteiger partial charge in [0.1, 0.15) is 12.1 Å². The van der Waals surface area contributed by atoms with Crippen molar-refractivity contribution < 1.29 is 34.2 Å². The molecule has 0 aliphatic heterocycles. The molecule has 0 bridgehead atoms. The van der Waals surface area contributed by atoms with Crippen LogP contribution < -0.4 is 38.5 Å². The zero-order chi connectivity index (χ0) is 28.5. The lowest BCUT2D eigenvalue weighted by Crippen LogP contribution is -2.58. The van der Waals surface area contributed by atoms with Crippen molar-refractivity contribution in [2.45, 2.75) is 89.6 Å². The fourth-order valence-corrected chi connectivity index (χ4v) is 3.36. The topological polar surface area (TPSA) is 252 Å². The van der Waals surface area contributed by atoms with Gasteiger partial charge in [-0.25, -0.2) is 4.79 Å². The molecule has 12 N–H and O–H groups in total. The van der Waals surface area contributed by atoms with E-state index in [-0.39, 0.29) is 12.3 Å². The third kappa shape index (κ3) is 13.9. The lowest BCUT2D eigenvalue weighted by molar-refractivity contribution is -0.144. The number of nitrogens with one attached hydrogen (secondary N) is 4. The van der Waals surface area contributed by atoms with E-state index < -0.39 is 66.4 Å². The standard InChI is InChI=1S/C23H45N7O7/c1-13(2)18(30-20(33)15(26)8-4-6-10-24)22(35)28-16(9-5-7-11-25)21(34)27-12-17(32)29-19(14(3)31)23(36)37/h13-16,18-19,31H,4-12,24-26H2,1-3H3,(H,27,34)(H,28,35)(H,29,32)(H,30,33)(H,36,37)/t14-,15+,16+,18+,19+/m1/s1. The van der Waals surface area contributed by atoms with Gasteiger partial charge in [-0.05, 0) is 58.0 Å². The predicted octanol–water partition coefficient (Wildman–Crippen LogP) is -2.74. The van der Waals surface area contributed by atoms with Crippen molar-refractivity contribution in [2.75, 3.05) is 19.6 Å². The summed E-state index contributed by atoms with van der Waals surface area (Å²) in [6.07, 6.45) is 1.79. The molecule has 0 aliphatic carbocycles. The fourth-order valence-electron chi connectivity index (χ4n) is 3.36. The summed E-state index contributed by atoms with van der Waals surface area (Å²) >= 11 is 0. The molecule has 5 atom stereocenters. The van der Waals surface area contributed by atoms with Gasteiger partial charge in [-0.1, -0.05) is 20.3 Å². The molecular formula is C23H45N7O7. The van der Waals surface area contributed by atoms with E-state index in [0.29, 0.717) is 38.8 Å². The highest BCUT2D eigenvalue weighted by Crippen LogP contribution is 2.07. The van der Waals surface area contributed by atoms with Crippen LogP contribution in [-0.4, -0.2) is 89.7 Å². The first kappa shape index (κ1) is 34.2. The molecule has 0 heterocycles. The average Bonchev–Trinajstić information content (AvgIpc) is 2.82. The maximum atomic E-state index is 13.0. The summed E-state index contributed by atoms with van der Waals surface area (Å²) in [6.45, 7) is 4.98. The molecule has 0 spiro atoms. The van der Waals surface area contributed by atoms with Crippen molar-refractivity contribution in [3.05, 3.63) is 0 Å². The second-order valence-electron chi connectivity index (χ2n) is 9.31. The fraction of sp³-hybridized carbons (Fsp3) is 0.783. The van der Waals surface area contributed by atoms with Crippen LogP contribution in [-0.2, 0) is 24.0 Å². The van der Waals surface area contributed by atoms with Crippen molar-refractivity contribution in [2.24, 2.45) is 23.1 Å². The molecule has 0 fully saturated rings. The lowest BCUT2D eigenvalue weighted by atomic mass is 10.0. The number of carbonyl (C=O) groups is 5. The Bertz CT molecular complexity index is 749. The van der Waals surface area contributed by atoms with E-state index in [2.05, 4.69) is 21.3 Å². The predicted molar refractivity (Wildman–Crippen MR) is 137 cm³/mol. The highest BCUT2D eigenvalue weighted by molar-refractivity contribution is 5.94. The lowest BCUT2D eigenvalue weighted by Gasteiger charge is -2.26. The van der Waals surface area contributed by atoms with Crippen molar-refractivity contribution in [1.82, 2.24) is 21.3 Å². The SMILES string of the molecule is CC(C)[C@H](NC(=O)[C@@H](N)CCCCN)C(=O)N[C@@H](CCCCN)C(=O)NCC(=O)N[C@H](C(=O)O)[C@@H](C)O. The van der Waals surface area contributed by atoms with E-state index >= 15 is 0 Å². The maximum absolute atomic E-state index is 13.0. The van der Waals surface area contributed by atoms with Gasteiger partial charge in [0.15, 0.2) is 6.04 Å². The average molecular weight is 532 g/mol. The highest BCUT2D eigenvalue weighted by Gasteiger charge is 2.30. The molecular weight excluding hydrogens is 486 g/mol. The Hall–Kier alpha value is -2.81. The van der Waals surface area contributed by atoms with Gasteiger partial charge >= 0.3 is 5.97 Å². The monoisotopic (exact) mass is 531 g/mol. The number of nitrogens with two attached hydrogens (primary N) is 3. The van der Waals surface area contributed by atoms with Crippen LogP contribution in [0.1, 0.15) is 59.3 Å². The van der Waals surface area contributed by atoms with E-state index in [1.807, 2.05) is 0 Å². The van der Waals surface area contributed by atoms with Gasteiger partial charge in [-0.3, -0.25) is 19.2 Å².